The van der Waals surface area contributed by atoms with Crippen LogP contribution in [0.4, 0.5) is 16.2 Å². The Morgan fingerprint density at radius 1 is 1.00 bits per heavy atom. The van der Waals surface area contributed by atoms with Gasteiger partial charge >= 0.3 is 13.2 Å². The number of anilines is 2. The minimum absolute atomic E-state index is 0.343. The van der Waals surface area contributed by atoms with Gasteiger partial charge in [0.15, 0.2) is 0 Å². The lowest BCUT2D eigenvalue weighted by Gasteiger charge is -2.35. The number of nitrogens with zero attached hydrogens (tertiary/aromatic N) is 1. The van der Waals surface area contributed by atoms with Crippen molar-refractivity contribution in [1.29, 1.82) is 0 Å². The highest BCUT2D eigenvalue weighted by Crippen LogP contribution is 2.48. The van der Waals surface area contributed by atoms with Gasteiger partial charge in [0.1, 0.15) is 5.60 Å². The summed E-state index contributed by atoms with van der Waals surface area (Å²) in [5, 5.41) is 0. The molecular weight excluding hydrogens is 409 g/mol. The van der Waals surface area contributed by atoms with Gasteiger partial charge in [-0.3, -0.25) is 0 Å². The Bertz CT molecular complexity index is 941. The zero-order valence-electron chi connectivity index (χ0n) is 19.5. The molecule has 0 saturated heterocycles. The lowest BCUT2D eigenvalue weighted by molar-refractivity contribution is 0.0596. The third-order valence-electron chi connectivity index (χ3n) is 5.01. The molecule has 0 radical (unpaired) electrons. The predicted molar refractivity (Wildman–Crippen MR) is 128 cm³/mol. The van der Waals surface area contributed by atoms with E-state index in [2.05, 4.69) is 20.8 Å². The van der Waals surface area contributed by atoms with Gasteiger partial charge in [-0.1, -0.05) is 43.0 Å². The lowest BCUT2D eigenvalue weighted by Crippen LogP contribution is -2.45. The van der Waals surface area contributed by atoms with E-state index in [9.17, 15) is 4.79 Å². The summed E-state index contributed by atoms with van der Waals surface area (Å²) in [7, 11) is -0.534. The molecule has 0 spiro atoms. The van der Waals surface area contributed by atoms with Gasteiger partial charge in [0.25, 0.3) is 0 Å². The van der Waals surface area contributed by atoms with E-state index in [0.717, 1.165) is 33.0 Å². The number of amides is 1. The van der Waals surface area contributed by atoms with Crippen LogP contribution in [-0.2, 0) is 14.0 Å². The molecule has 2 aromatic rings. The number of carbonyl (C=O) groups excluding carboxylic acids is 1. The van der Waals surface area contributed by atoms with Crippen LogP contribution < -0.4 is 10.4 Å². The first kappa shape index (κ1) is 23.7. The van der Waals surface area contributed by atoms with Crippen LogP contribution in [0, 0.1) is 0 Å². The maximum atomic E-state index is 13.3. The number of carbonyl (C=O) groups is 1. The van der Waals surface area contributed by atoms with Crippen molar-refractivity contribution in [2.24, 2.45) is 0 Å². The first-order valence-corrected chi connectivity index (χ1v) is 11.6. The van der Waals surface area contributed by atoms with Gasteiger partial charge in [-0.25, -0.2) is 9.69 Å². The zero-order chi connectivity index (χ0) is 22.8. The summed E-state index contributed by atoms with van der Waals surface area (Å²) in [6.07, 6.45) is 0.451. The highest BCUT2D eigenvalue weighted by Gasteiger charge is 2.37. The molecule has 1 heterocycles. The molecule has 1 aliphatic heterocycles. The van der Waals surface area contributed by atoms with Crippen LogP contribution in [0.25, 0.3) is 0 Å². The van der Waals surface area contributed by atoms with Gasteiger partial charge < -0.3 is 14.0 Å². The van der Waals surface area contributed by atoms with Crippen LogP contribution in [0.1, 0.15) is 54.9 Å². The normalized spacial score (nSPS) is 13.5. The van der Waals surface area contributed by atoms with Gasteiger partial charge in [-0.05, 0) is 71.6 Å². The second kappa shape index (κ2) is 9.27. The summed E-state index contributed by atoms with van der Waals surface area (Å²) in [5.74, 6) is 0. The molecule has 0 aromatic heterocycles. The molecule has 1 aliphatic rings. The van der Waals surface area contributed by atoms with Crippen molar-refractivity contribution in [2.75, 3.05) is 11.5 Å². The number of hydrogen-bond acceptors (Lipinski definition) is 5. The molecular formula is C24H32BNO4S. The summed E-state index contributed by atoms with van der Waals surface area (Å²) in [6.45, 7) is 14.3. The maximum absolute atomic E-state index is 13.3. The molecule has 2 aromatic carbocycles. The fourth-order valence-corrected chi connectivity index (χ4v) is 4.38. The molecule has 166 valence electrons. The van der Waals surface area contributed by atoms with E-state index >= 15 is 0 Å². The fourth-order valence-electron chi connectivity index (χ4n) is 3.20. The van der Waals surface area contributed by atoms with E-state index in [1.165, 1.54) is 0 Å². The average molecular weight is 441 g/mol. The molecule has 1 amide bonds. The van der Waals surface area contributed by atoms with Crippen molar-refractivity contribution in [1.82, 2.24) is 0 Å². The van der Waals surface area contributed by atoms with Crippen LogP contribution in [0.3, 0.4) is 0 Å². The number of benzene rings is 2. The predicted octanol–water partition coefficient (Wildman–Crippen LogP) is 6.16. The van der Waals surface area contributed by atoms with Crippen molar-refractivity contribution < 1.29 is 18.8 Å². The van der Waals surface area contributed by atoms with Crippen LogP contribution >= 0.6 is 11.8 Å². The monoisotopic (exact) mass is 441 g/mol. The number of hydrogen-bond donors (Lipinski definition) is 0. The largest absolute Gasteiger partial charge is 0.495 e. The van der Waals surface area contributed by atoms with Crippen molar-refractivity contribution in [3.05, 3.63) is 42.5 Å². The highest BCUT2D eigenvalue weighted by atomic mass is 32.2. The Labute approximate surface area is 190 Å². The van der Waals surface area contributed by atoms with Crippen LogP contribution in [0.15, 0.2) is 52.3 Å². The third kappa shape index (κ3) is 5.46. The second-order valence-electron chi connectivity index (χ2n) is 9.10. The number of fused-ring (bicyclic) bond motifs is 2. The van der Waals surface area contributed by atoms with E-state index < -0.39 is 18.8 Å². The van der Waals surface area contributed by atoms with Gasteiger partial charge in [0, 0.05) is 22.0 Å². The summed E-state index contributed by atoms with van der Waals surface area (Å²) >= 11 is 1.63. The lowest BCUT2D eigenvalue weighted by atomic mass is 9.77. The molecule has 0 N–H and O–H groups in total. The van der Waals surface area contributed by atoms with Crippen molar-refractivity contribution in [3.63, 3.8) is 0 Å². The smallest absolute Gasteiger partial charge is 0.443 e. The zero-order valence-corrected chi connectivity index (χ0v) is 20.3. The first-order valence-electron chi connectivity index (χ1n) is 10.8. The Balaban J connectivity index is 2.11. The molecule has 0 unspecified atom stereocenters. The van der Waals surface area contributed by atoms with E-state index in [0.29, 0.717) is 6.61 Å². The average Bonchev–Trinajstić information content (AvgIpc) is 2.69. The summed E-state index contributed by atoms with van der Waals surface area (Å²) in [6, 6.07) is 13.8. The summed E-state index contributed by atoms with van der Waals surface area (Å²) in [4.78, 5) is 16.8. The first-order chi connectivity index (χ1) is 14.6. The fraction of sp³-hybridized carbons (Fsp3) is 0.458. The van der Waals surface area contributed by atoms with Gasteiger partial charge in [0.2, 0.25) is 0 Å². The molecule has 7 heteroatoms. The van der Waals surface area contributed by atoms with E-state index in [1.54, 1.807) is 16.7 Å². The van der Waals surface area contributed by atoms with Gasteiger partial charge in [-0.15, -0.1) is 0 Å². The molecule has 0 atom stereocenters. The number of rotatable bonds is 6. The Kier molecular flexibility index (Phi) is 7.09. The molecule has 0 bridgehead atoms. The second-order valence-corrected chi connectivity index (χ2v) is 10.2. The number of ether oxygens (including phenoxy) is 1. The van der Waals surface area contributed by atoms with Gasteiger partial charge in [0.05, 0.1) is 11.4 Å². The van der Waals surface area contributed by atoms with Crippen LogP contribution in [-0.4, -0.2) is 31.0 Å². The minimum Gasteiger partial charge on any atom is -0.443 e. The van der Waals surface area contributed by atoms with E-state index in [-0.39, 0.29) is 5.60 Å². The molecule has 3 rings (SSSR count). The van der Waals surface area contributed by atoms with Gasteiger partial charge in [-0.2, -0.15) is 0 Å². The van der Waals surface area contributed by atoms with Crippen molar-refractivity contribution >= 4 is 41.8 Å². The minimum atomic E-state index is -0.601. The third-order valence-corrected chi connectivity index (χ3v) is 6.22. The molecule has 0 saturated carbocycles. The summed E-state index contributed by atoms with van der Waals surface area (Å²) < 4.78 is 18.2. The molecule has 0 aliphatic carbocycles. The molecule has 5 nitrogen and oxygen atoms in total. The van der Waals surface area contributed by atoms with Crippen molar-refractivity contribution in [2.45, 2.75) is 75.9 Å². The van der Waals surface area contributed by atoms with Crippen molar-refractivity contribution in [3.8, 4) is 0 Å². The Morgan fingerprint density at radius 3 is 2.32 bits per heavy atom. The van der Waals surface area contributed by atoms with Crippen LogP contribution in [0.5, 0.6) is 0 Å². The highest BCUT2D eigenvalue weighted by molar-refractivity contribution is 8.00. The topological polar surface area (TPSA) is 48.0 Å². The SMILES string of the molecule is CCOB(OC(C)(C)CC)c1cccc2c1Sc1ccccc1N2C(=O)OC(C)(C)C. The maximum Gasteiger partial charge on any atom is 0.495 e. The number of para-hydroxylation sites is 1. The Morgan fingerprint density at radius 2 is 1.68 bits per heavy atom. The van der Waals surface area contributed by atoms with Crippen LogP contribution in [0.2, 0.25) is 0 Å². The molecule has 31 heavy (non-hydrogen) atoms. The quantitative estimate of drug-likeness (QED) is 0.503. The van der Waals surface area contributed by atoms with E-state index in [1.807, 2.05) is 70.2 Å². The standard InChI is InChI=1S/C24H32BNO4S/c1-8-24(6,7)30-25(28-9-2)17-13-12-15-19-21(17)31-20-16-11-10-14-18(20)26(19)22(27)29-23(3,4)5/h10-16H,8-9H2,1-7H3. The Hall–Kier alpha value is -1.96. The summed E-state index contributed by atoms with van der Waals surface area (Å²) in [5.41, 5.74) is 1.56. The van der Waals surface area contributed by atoms with E-state index in [4.69, 9.17) is 14.0 Å². The molecule has 0 fully saturated rings.